The van der Waals surface area contributed by atoms with Crippen LogP contribution in [0.1, 0.15) is 49.5 Å². The predicted octanol–water partition coefficient (Wildman–Crippen LogP) is 4.56. The molecular formula is C19H23NO. The van der Waals surface area contributed by atoms with Crippen LogP contribution in [-0.2, 0) is 0 Å². The Balaban J connectivity index is 1.85. The van der Waals surface area contributed by atoms with Crippen molar-refractivity contribution in [3.05, 3.63) is 65.2 Å². The lowest BCUT2D eigenvalue weighted by Gasteiger charge is -2.30. The second kappa shape index (κ2) is 5.19. The highest BCUT2D eigenvalue weighted by atomic mass is 16.5. The monoisotopic (exact) mass is 281 g/mol. The summed E-state index contributed by atoms with van der Waals surface area (Å²) in [5.41, 5.74) is 3.62. The van der Waals surface area contributed by atoms with E-state index in [-0.39, 0.29) is 17.7 Å². The largest absolute Gasteiger partial charge is 0.486 e. The van der Waals surface area contributed by atoms with Crippen molar-refractivity contribution < 1.29 is 4.74 Å². The lowest BCUT2D eigenvalue weighted by Crippen LogP contribution is -2.40. The first kappa shape index (κ1) is 14.2. The highest BCUT2D eigenvalue weighted by molar-refractivity contribution is 5.42. The number of aryl methyl sites for hydroxylation is 1. The van der Waals surface area contributed by atoms with E-state index < -0.39 is 0 Å². The number of rotatable bonds is 3. The molecule has 0 saturated carbocycles. The molecule has 0 radical (unpaired) electrons. The van der Waals surface area contributed by atoms with Crippen molar-refractivity contribution in [2.45, 2.75) is 45.4 Å². The predicted molar refractivity (Wildman–Crippen MR) is 86.6 cm³/mol. The first-order valence-electron chi connectivity index (χ1n) is 7.58. The Kier molecular flexibility index (Phi) is 3.50. The van der Waals surface area contributed by atoms with Gasteiger partial charge in [-0.3, -0.25) is 5.32 Å². The summed E-state index contributed by atoms with van der Waals surface area (Å²) in [5.74, 6) is 0.996. The third-order valence-electron chi connectivity index (χ3n) is 4.29. The summed E-state index contributed by atoms with van der Waals surface area (Å²) in [6.45, 7) is 8.62. The molecule has 2 heteroatoms. The molecule has 0 aliphatic carbocycles. The summed E-state index contributed by atoms with van der Waals surface area (Å²) in [6, 6.07) is 17.5. The van der Waals surface area contributed by atoms with E-state index in [9.17, 15) is 0 Å². The normalized spacial score (nSPS) is 20.7. The van der Waals surface area contributed by atoms with Gasteiger partial charge in [-0.25, -0.2) is 0 Å². The third kappa shape index (κ3) is 2.68. The zero-order chi connectivity index (χ0) is 15.0. The van der Waals surface area contributed by atoms with Crippen molar-refractivity contribution in [2.24, 2.45) is 0 Å². The van der Waals surface area contributed by atoms with Crippen LogP contribution in [0.25, 0.3) is 0 Å². The van der Waals surface area contributed by atoms with Gasteiger partial charge in [0.15, 0.2) is 0 Å². The number of fused-ring (bicyclic) bond motifs is 1. The molecule has 21 heavy (non-hydrogen) atoms. The second-order valence-electron chi connectivity index (χ2n) is 6.48. The molecule has 1 aliphatic heterocycles. The fourth-order valence-corrected chi connectivity index (χ4v) is 3.02. The fraction of sp³-hybridized carbons (Fsp3) is 0.368. The maximum atomic E-state index is 6.10. The molecule has 0 bridgehead atoms. The number of nitrogens with one attached hydrogen (secondary N) is 1. The van der Waals surface area contributed by atoms with Gasteiger partial charge in [0.25, 0.3) is 0 Å². The smallest absolute Gasteiger partial charge is 0.125 e. The highest BCUT2D eigenvalue weighted by Crippen LogP contribution is 2.43. The number of hydrogen-bond donors (Lipinski definition) is 1. The van der Waals surface area contributed by atoms with Crippen LogP contribution >= 0.6 is 0 Å². The summed E-state index contributed by atoms with van der Waals surface area (Å²) >= 11 is 0. The minimum atomic E-state index is -0.233. The Morgan fingerprint density at radius 3 is 2.43 bits per heavy atom. The summed E-state index contributed by atoms with van der Waals surface area (Å²) in [4.78, 5) is 0. The van der Waals surface area contributed by atoms with Crippen LogP contribution in [0.15, 0.2) is 48.5 Å². The van der Waals surface area contributed by atoms with Gasteiger partial charge in [-0.2, -0.15) is 0 Å². The highest BCUT2D eigenvalue weighted by Gasteiger charge is 2.41. The molecule has 2 nitrogen and oxygen atoms in total. The van der Waals surface area contributed by atoms with Crippen molar-refractivity contribution in [3.8, 4) is 5.75 Å². The molecule has 0 fully saturated rings. The van der Waals surface area contributed by atoms with Gasteiger partial charge in [-0.1, -0.05) is 48.0 Å². The molecule has 110 valence electrons. The van der Waals surface area contributed by atoms with E-state index in [2.05, 4.69) is 75.5 Å². The van der Waals surface area contributed by atoms with E-state index in [1.807, 2.05) is 6.07 Å². The number of ether oxygens (including phenoxy) is 1. The second-order valence-corrected chi connectivity index (χ2v) is 6.48. The van der Waals surface area contributed by atoms with Gasteiger partial charge < -0.3 is 4.74 Å². The van der Waals surface area contributed by atoms with Crippen molar-refractivity contribution in [1.29, 1.82) is 0 Å². The standard InChI is InChI=1S/C19H23NO/c1-13-9-11-15(12-10-13)14(2)20-18-16-7-5-6-8-17(16)21-19(18,3)4/h5-12,14,18,20H,1-4H3/t14-,18?/m1/s1. The van der Waals surface area contributed by atoms with E-state index >= 15 is 0 Å². The van der Waals surface area contributed by atoms with E-state index in [1.54, 1.807) is 0 Å². The average Bonchev–Trinajstić information content (AvgIpc) is 2.70. The molecule has 3 rings (SSSR count). The van der Waals surface area contributed by atoms with Crippen LogP contribution < -0.4 is 10.1 Å². The van der Waals surface area contributed by atoms with Crippen LogP contribution in [0.4, 0.5) is 0 Å². The van der Waals surface area contributed by atoms with Crippen molar-refractivity contribution >= 4 is 0 Å². The van der Waals surface area contributed by atoms with Crippen LogP contribution in [0.5, 0.6) is 5.75 Å². The molecule has 0 saturated heterocycles. The van der Waals surface area contributed by atoms with E-state index in [4.69, 9.17) is 4.74 Å². The molecule has 0 spiro atoms. The summed E-state index contributed by atoms with van der Waals surface area (Å²) in [7, 11) is 0. The average molecular weight is 281 g/mol. The van der Waals surface area contributed by atoms with Gasteiger partial charge in [0, 0.05) is 11.6 Å². The lowest BCUT2D eigenvalue weighted by atomic mass is 9.93. The maximum absolute atomic E-state index is 6.10. The van der Waals surface area contributed by atoms with Gasteiger partial charge in [0.05, 0.1) is 6.04 Å². The Morgan fingerprint density at radius 1 is 1.05 bits per heavy atom. The third-order valence-corrected chi connectivity index (χ3v) is 4.29. The first-order chi connectivity index (χ1) is 9.97. The maximum Gasteiger partial charge on any atom is 0.125 e. The Bertz CT molecular complexity index is 630. The molecule has 1 unspecified atom stereocenters. The van der Waals surface area contributed by atoms with E-state index in [0.29, 0.717) is 0 Å². The van der Waals surface area contributed by atoms with Crippen LogP contribution in [0.2, 0.25) is 0 Å². The molecule has 2 aromatic carbocycles. The SMILES string of the molecule is Cc1ccc([C@@H](C)NC2c3ccccc3OC2(C)C)cc1. The minimum absolute atomic E-state index is 0.199. The zero-order valence-corrected chi connectivity index (χ0v) is 13.2. The van der Waals surface area contributed by atoms with Crippen molar-refractivity contribution in [2.75, 3.05) is 0 Å². The molecule has 0 aromatic heterocycles. The van der Waals surface area contributed by atoms with Gasteiger partial charge in [-0.05, 0) is 39.3 Å². The Morgan fingerprint density at radius 2 is 1.71 bits per heavy atom. The Hall–Kier alpha value is -1.80. The quantitative estimate of drug-likeness (QED) is 0.890. The van der Waals surface area contributed by atoms with E-state index in [0.717, 1.165) is 5.75 Å². The molecule has 1 N–H and O–H groups in total. The molecule has 2 atom stereocenters. The molecular weight excluding hydrogens is 258 g/mol. The van der Waals surface area contributed by atoms with Crippen LogP contribution in [0.3, 0.4) is 0 Å². The Labute approximate surface area is 127 Å². The lowest BCUT2D eigenvalue weighted by molar-refractivity contribution is 0.0919. The number of hydrogen-bond acceptors (Lipinski definition) is 2. The van der Waals surface area contributed by atoms with Gasteiger partial charge in [-0.15, -0.1) is 0 Å². The number of benzene rings is 2. The van der Waals surface area contributed by atoms with Crippen LogP contribution in [-0.4, -0.2) is 5.60 Å². The molecule has 1 aliphatic rings. The number of para-hydroxylation sites is 1. The summed E-state index contributed by atoms with van der Waals surface area (Å²) < 4.78 is 6.10. The van der Waals surface area contributed by atoms with Crippen molar-refractivity contribution in [1.82, 2.24) is 5.32 Å². The summed E-state index contributed by atoms with van der Waals surface area (Å²) in [6.07, 6.45) is 0. The van der Waals surface area contributed by atoms with Gasteiger partial charge >= 0.3 is 0 Å². The summed E-state index contributed by atoms with van der Waals surface area (Å²) in [5, 5.41) is 3.74. The van der Waals surface area contributed by atoms with E-state index in [1.165, 1.54) is 16.7 Å². The van der Waals surface area contributed by atoms with Gasteiger partial charge in [0.2, 0.25) is 0 Å². The topological polar surface area (TPSA) is 21.3 Å². The first-order valence-corrected chi connectivity index (χ1v) is 7.58. The molecule has 1 heterocycles. The zero-order valence-electron chi connectivity index (χ0n) is 13.2. The minimum Gasteiger partial charge on any atom is -0.486 e. The van der Waals surface area contributed by atoms with Crippen molar-refractivity contribution in [3.63, 3.8) is 0 Å². The molecule has 2 aromatic rings. The van der Waals surface area contributed by atoms with Gasteiger partial charge in [0.1, 0.15) is 11.4 Å². The van der Waals surface area contributed by atoms with Crippen LogP contribution in [0, 0.1) is 6.92 Å². The molecule has 0 amide bonds. The fourth-order valence-electron chi connectivity index (χ4n) is 3.02.